The van der Waals surface area contributed by atoms with Gasteiger partial charge in [-0.1, -0.05) is 23.7 Å². The molecule has 2 heterocycles. The molecule has 4 nitrogen and oxygen atoms in total. The summed E-state index contributed by atoms with van der Waals surface area (Å²) in [6.07, 6.45) is 3.61. The van der Waals surface area contributed by atoms with E-state index in [0.29, 0.717) is 23.0 Å². The number of benzene rings is 1. The molecule has 0 radical (unpaired) electrons. The number of amides is 1. The van der Waals surface area contributed by atoms with Gasteiger partial charge in [-0.05, 0) is 42.4 Å². The van der Waals surface area contributed by atoms with Crippen LogP contribution in [0.2, 0.25) is 5.02 Å². The first-order chi connectivity index (χ1) is 11.7. The first-order valence-corrected chi connectivity index (χ1v) is 9.47. The van der Waals surface area contributed by atoms with E-state index in [2.05, 4.69) is 10.3 Å². The second-order valence-corrected chi connectivity index (χ2v) is 7.20. The van der Waals surface area contributed by atoms with Gasteiger partial charge in [0.25, 0.3) is 5.91 Å². The number of rotatable bonds is 6. The van der Waals surface area contributed by atoms with Crippen LogP contribution < -0.4 is 10.1 Å². The summed E-state index contributed by atoms with van der Waals surface area (Å²) in [4.78, 5) is 16.5. The maximum atomic E-state index is 12.3. The highest BCUT2D eigenvalue weighted by atomic mass is 35.5. The van der Waals surface area contributed by atoms with Gasteiger partial charge in [0.2, 0.25) is 5.88 Å². The Labute approximate surface area is 151 Å². The molecule has 0 spiro atoms. The Morgan fingerprint density at radius 2 is 2.17 bits per heavy atom. The summed E-state index contributed by atoms with van der Waals surface area (Å²) in [6.45, 7) is 0.568. The molecule has 0 saturated carbocycles. The molecular weight excluding hydrogens is 344 g/mol. The van der Waals surface area contributed by atoms with E-state index in [-0.39, 0.29) is 12.0 Å². The number of nitrogens with one attached hydrogen (secondary N) is 1. The molecule has 0 bridgehead atoms. The van der Waals surface area contributed by atoms with Gasteiger partial charge < -0.3 is 10.1 Å². The van der Waals surface area contributed by atoms with Gasteiger partial charge in [0.05, 0.1) is 0 Å². The molecule has 1 N–H and O–H groups in total. The number of carbonyl (C=O) groups is 1. The van der Waals surface area contributed by atoms with E-state index in [4.69, 9.17) is 16.3 Å². The minimum absolute atomic E-state index is 0.114. The second-order valence-electron chi connectivity index (χ2n) is 5.62. The van der Waals surface area contributed by atoms with Crippen molar-refractivity contribution in [2.75, 3.05) is 18.1 Å². The maximum Gasteiger partial charge on any atom is 0.251 e. The van der Waals surface area contributed by atoms with Crippen molar-refractivity contribution in [3.05, 3.63) is 58.7 Å². The van der Waals surface area contributed by atoms with Crippen molar-refractivity contribution >= 4 is 29.3 Å². The SMILES string of the molecule is O=C(NCCc1ccc(Cl)cc1)c1ccnc(OC2CCSC2)c1. The van der Waals surface area contributed by atoms with Crippen LogP contribution in [0.25, 0.3) is 0 Å². The Kier molecular flexibility index (Phi) is 5.99. The third-order valence-corrected chi connectivity index (χ3v) is 5.17. The van der Waals surface area contributed by atoms with Gasteiger partial charge in [-0.3, -0.25) is 4.79 Å². The third kappa shape index (κ3) is 4.89. The normalized spacial score (nSPS) is 16.8. The molecule has 1 aromatic heterocycles. The van der Waals surface area contributed by atoms with Gasteiger partial charge in [-0.25, -0.2) is 4.98 Å². The van der Waals surface area contributed by atoms with Crippen LogP contribution in [0.1, 0.15) is 22.3 Å². The van der Waals surface area contributed by atoms with Crippen LogP contribution >= 0.6 is 23.4 Å². The lowest BCUT2D eigenvalue weighted by Crippen LogP contribution is -2.26. The van der Waals surface area contributed by atoms with Crippen LogP contribution in [0.15, 0.2) is 42.6 Å². The van der Waals surface area contributed by atoms with Crippen molar-refractivity contribution < 1.29 is 9.53 Å². The highest BCUT2D eigenvalue weighted by molar-refractivity contribution is 7.99. The number of aromatic nitrogens is 1. The van der Waals surface area contributed by atoms with E-state index in [1.807, 2.05) is 36.0 Å². The van der Waals surface area contributed by atoms with E-state index >= 15 is 0 Å². The summed E-state index contributed by atoms with van der Waals surface area (Å²) in [7, 11) is 0. The van der Waals surface area contributed by atoms with Crippen LogP contribution in [-0.2, 0) is 6.42 Å². The van der Waals surface area contributed by atoms with Crippen molar-refractivity contribution in [2.24, 2.45) is 0 Å². The quantitative estimate of drug-likeness (QED) is 0.853. The van der Waals surface area contributed by atoms with E-state index < -0.39 is 0 Å². The average Bonchev–Trinajstić information content (AvgIpc) is 3.10. The smallest absolute Gasteiger partial charge is 0.251 e. The Bertz CT molecular complexity index is 688. The zero-order valence-corrected chi connectivity index (χ0v) is 14.8. The fourth-order valence-corrected chi connectivity index (χ4v) is 3.69. The van der Waals surface area contributed by atoms with Crippen LogP contribution in [0, 0.1) is 0 Å². The number of hydrogen-bond acceptors (Lipinski definition) is 4. The molecule has 1 amide bonds. The Morgan fingerprint density at radius 1 is 1.33 bits per heavy atom. The summed E-state index contributed by atoms with van der Waals surface area (Å²) in [5.74, 6) is 2.51. The summed E-state index contributed by atoms with van der Waals surface area (Å²) in [5.41, 5.74) is 1.71. The molecule has 1 aliphatic heterocycles. The topological polar surface area (TPSA) is 51.2 Å². The standard InChI is InChI=1S/C18H19ClN2O2S/c19-15-3-1-13(2-4-15)5-8-21-18(22)14-6-9-20-17(11-14)23-16-7-10-24-12-16/h1-4,6,9,11,16H,5,7-8,10,12H2,(H,21,22). The van der Waals surface area contributed by atoms with Crippen molar-refractivity contribution in [2.45, 2.75) is 18.9 Å². The molecule has 1 atom stereocenters. The highest BCUT2D eigenvalue weighted by Crippen LogP contribution is 2.22. The number of thioether (sulfide) groups is 1. The van der Waals surface area contributed by atoms with Crippen molar-refractivity contribution in [1.29, 1.82) is 0 Å². The zero-order chi connectivity index (χ0) is 16.8. The molecule has 1 unspecified atom stereocenters. The van der Waals surface area contributed by atoms with Crippen LogP contribution in [0.5, 0.6) is 5.88 Å². The number of halogens is 1. The van der Waals surface area contributed by atoms with Gasteiger partial charge in [-0.2, -0.15) is 11.8 Å². The molecule has 1 fully saturated rings. The van der Waals surface area contributed by atoms with Crippen LogP contribution in [-0.4, -0.2) is 35.0 Å². The van der Waals surface area contributed by atoms with Gasteiger partial charge in [0.1, 0.15) is 6.10 Å². The summed E-state index contributed by atoms with van der Waals surface area (Å²) >= 11 is 7.74. The molecular formula is C18H19ClN2O2S. The molecule has 0 aliphatic carbocycles. The van der Waals surface area contributed by atoms with E-state index in [0.717, 1.165) is 29.9 Å². The molecule has 2 aromatic rings. The number of nitrogens with zero attached hydrogens (tertiary/aromatic N) is 1. The average molecular weight is 363 g/mol. The third-order valence-electron chi connectivity index (χ3n) is 3.78. The molecule has 1 aromatic carbocycles. The van der Waals surface area contributed by atoms with Gasteiger partial charge in [0, 0.05) is 35.1 Å². The van der Waals surface area contributed by atoms with Gasteiger partial charge in [-0.15, -0.1) is 0 Å². The Hall–Kier alpha value is -1.72. The lowest BCUT2D eigenvalue weighted by atomic mass is 10.1. The molecule has 3 rings (SSSR count). The lowest BCUT2D eigenvalue weighted by molar-refractivity contribution is 0.0953. The number of hydrogen-bond donors (Lipinski definition) is 1. The van der Waals surface area contributed by atoms with E-state index in [1.165, 1.54) is 0 Å². The molecule has 6 heteroatoms. The molecule has 126 valence electrons. The molecule has 1 saturated heterocycles. The zero-order valence-electron chi connectivity index (χ0n) is 13.2. The predicted molar refractivity (Wildman–Crippen MR) is 98.1 cm³/mol. The number of pyridine rings is 1. The molecule has 24 heavy (non-hydrogen) atoms. The van der Waals surface area contributed by atoms with Crippen molar-refractivity contribution in [3.63, 3.8) is 0 Å². The minimum Gasteiger partial charge on any atom is -0.473 e. The van der Waals surface area contributed by atoms with E-state index in [9.17, 15) is 4.79 Å². The summed E-state index contributed by atoms with van der Waals surface area (Å²) in [5, 5.41) is 3.64. The fraction of sp³-hybridized carbons (Fsp3) is 0.333. The van der Waals surface area contributed by atoms with Crippen LogP contribution in [0.4, 0.5) is 0 Å². The monoisotopic (exact) mass is 362 g/mol. The van der Waals surface area contributed by atoms with Crippen molar-refractivity contribution in [3.8, 4) is 5.88 Å². The van der Waals surface area contributed by atoms with E-state index in [1.54, 1.807) is 18.3 Å². The first kappa shape index (κ1) is 17.1. The number of carbonyl (C=O) groups excluding carboxylic acids is 1. The van der Waals surface area contributed by atoms with Gasteiger partial charge in [0.15, 0.2) is 0 Å². The Morgan fingerprint density at radius 3 is 2.92 bits per heavy atom. The largest absolute Gasteiger partial charge is 0.473 e. The highest BCUT2D eigenvalue weighted by Gasteiger charge is 2.18. The minimum atomic E-state index is -0.114. The fourth-order valence-electron chi connectivity index (χ4n) is 2.47. The summed E-state index contributed by atoms with van der Waals surface area (Å²) < 4.78 is 5.83. The summed E-state index contributed by atoms with van der Waals surface area (Å²) in [6, 6.07) is 11.0. The molecule has 1 aliphatic rings. The first-order valence-electron chi connectivity index (χ1n) is 7.94. The maximum absolute atomic E-state index is 12.3. The van der Waals surface area contributed by atoms with Gasteiger partial charge >= 0.3 is 0 Å². The van der Waals surface area contributed by atoms with Crippen LogP contribution in [0.3, 0.4) is 0 Å². The number of ether oxygens (including phenoxy) is 1. The predicted octanol–water partition coefficient (Wildman–Crippen LogP) is 3.59. The van der Waals surface area contributed by atoms with Crippen molar-refractivity contribution in [1.82, 2.24) is 10.3 Å². The Balaban J connectivity index is 1.51. The lowest BCUT2D eigenvalue weighted by Gasteiger charge is -2.12. The second kappa shape index (κ2) is 8.40.